The Morgan fingerprint density at radius 1 is 1.50 bits per heavy atom. The van der Waals surface area contributed by atoms with Gasteiger partial charge in [0.1, 0.15) is 11.9 Å². The fraction of sp³-hybridized carbons (Fsp3) is 0.364. The van der Waals surface area contributed by atoms with Gasteiger partial charge in [0.25, 0.3) is 5.69 Å². The zero-order chi connectivity index (χ0) is 14.1. The first-order valence-electron chi connectivity index (χ1n) is 6.00. The summed E-state index contributed by atoms with van der Waals surface area (Å²) >= 11 is 0. The van der Waals surface area contributed by atoms with Crippen LogP contribution in [0.5, 0.6) is 5.75 Å². The Labute approximate surface area is 114 Å². The molecule has 0 amide bonds. The van der Waals surface area contributed by atoms with E-state index >= 15 is 0 Å². The smallest absolute Gasteiger partial charge is 0.273 e. The van der Waals surface area contributed by atoms with E-state index in [-0.39, 0.29) is 11.8 Å². The number of rotatable bonds is 4. The van der Waals surface area contributed by atoms with E-state index in [4.69, 9.17) is 9.47 Å². The molecule has 0 saturated carbocycles. The second-order valence-corrected chi connectivity index (χ2v) is 4.47. The highest BCUT2D eigenvalue weighted by molar-refractivity contribution is 5.99. The molecule has 9 nitrogen and oxygen atoms in total. The zero-order valence-electron chi connectivity index (χ0n) is 10.7. The molecule has 0 aromatic heterocycles. The van der Waals surface area contributed by atoms with Gasteiger partial charge in [-0.25, -0.2) is 5.53 Å². The number of benzene rings is 1. The Balaban J connectivity index is 1.93. The van der Waals surface area contributed by atoms with Gasteiger partial charge in [-0.1, -0.05) is 0 Å². The summed E-state index contributed by atoms with van der Waals surface area (Å²) in [5, 5.41) is 16.7. The summed E-state index contributed by atoms with van der Waals surface area (Å²) in [5.74, 6) is 0.980. The van der Waals surface area contributed by atoms with Crippen LogP contribution in [0.1, 0.15) is 5.56 Å². The molecule has 106 valence electrons. The van der Waals surface area contributed by atoms with Crippen molar-refractivity contribution in [2.75, 3.05) is 20.3 Å². The van der Waals surface area contributed by atoms with Gasteiger partial charge >= 0.3 is 0 Å². The van der Waals surface area contributed by atoms with E-state index < -0.39 is 4.92 Å². The Morgan fingerprint density at radius 2 is 2.30 bits per heavy atom. The van der Waals surface area contributed by atoms with E-state index in [0.717, 1.165) is 0 Å². The number of nitrogens with one attached hydrogen (secondary N) is 2. The molecule has 1 aromatic carbocycles. The quantitative estimate of drug-likeness (QED) is 0.590. The molecule has 3 rings (SSSR count). The molecule has 20 heavy (non-hydrogen) atoms. The highest BCUT2D eigenvalue weighted by Crippen LogP contribution is 2.26. The molecule has 0 bridgehead atoms. The number of ether oxygens (including phenoxy) is 2. The average molecular weight is 279 g/mol. The summed E-state index contributed by atoms with van der Waals surface area (Å²) in [5.41, 5.74) is 5.88. The number of nitro benzene ring substituents is 1. The van der Waals surface area contributed by atoms with Crippen LogP contribution < -0.4 is 15.8 Å². The van der Waals surface area contributed by atoms with Crippen LogP contribution in [0.3, 0.4) is 0 Å². The molecule has 0 radical (unpaired) electrons. The Kier molecular flexibility index (Phi) is 3.12. The summed E-state index contributed by atoms with van der Waals surface area (Å²) in [4.78, 5) is 10.6. The van der Waals surface area contributed by atoms with Gasteiger partial charge in [0, 0.05) is 18.7 Å². The van der Waals surface area contributed by atoms with Gasteiger partial charge in [-0.2, -0.15) is 0 Å². The molecule has 0 aliphatic carbocycles. The second-order valence-electron chi connectivity index (χ2n) is 4.47. The third-order valence-corrected chi connectivity index (χ3v) is 2.97. The molecule has 1 aromatic rings. The van der Waals surface area contributed by atoms with Crippen LogP contribution in [0.2, 0.25) is 0 Å². The second kappa shape index (κ2) is 4.94. The van der Waals surface area contributed by atoms with Gasteiger partial charge in [-0.05, 0) is 6.07 Å². The highest BCUT2D eigenvalue weighted by atomic mass is 16.6. The van der Waals surface area contributed by atoms with Gasteiger partial charge in [-0.15, -0.1) is 10.6 Å². The third kappa shape index (κ3) is 2.36. The predicted octanol–water partition coefficient (Wildman–Crippen LogP) is -0.0114. The molecule has 0 atom stereocenters. The van der Waals surface area contributed by atoms with Crippen LogP contribution in [0.15, 0.2) is 23.3 Å². The molecule has 0 unspecified atom stereocenters. The lowest BCUT2D eigenvalue weighted by atomic mass is 10.1. The van der Waals surface area contributed by atoms with Gasteiger partial charge < -0.3 is 9.47 Å². The van der Waals surface area contributed by atoms with Crippen LogP contribution in [-0.2, 0) is 4.74 Å². The molecule has 2 aliphatic heterocycles. The maximum absolute atomic E-state index is 11.0. The highest BCUT2D eigenvalue weighted by Gasteiger charge is 2.23. The first-order valence-corrected chi connectivity index (χ1v) is 6.00. The van der Waals surface area contributed by atoms with Crippen molar-refractivity contribution in [3.8, 4) is 5.75 Å². The standard InChI is InChI=1S/C11H13N5O4/c1-15-11(12-13-14-15)7-2-8(16(17)18)4-9(3-7)20-10-5-19-6-10/h2-4,10,13-14H,5-6H2,1H3. The van der Waals surface area contributed by atoms with Crippen molar-refractivity contribution < 1.29 is 14.4 Å². The maximum Gasteiger partial charge on any atom is 0.273 e. The normalized spacial score (nSPS) is 18.2. The van der Waals surface area contributed by atoms with E-state index in [1.54, 1.807) is 18.1 Å². The molecule has 0 spiro atoms. The van der Waals surface area contributed by atoms with E-state index in [2.05, 4.69) is 16.2 Å². The minimum Gasteiger partial charge on any atom is -0.485 e. The molecule has 2 heterocycles. The number of nitrogens with zero attached hydrogens (tertiary/aromatic N) is 3. The first kappa shape index (κ1) is 12.6. The van der Waals surface area contributed by atoms with Crippen molar-refractivity contribution in [1.82, 2.24) is 16.1 Å². The van der Waals surface area contributed by atoms with Crippen LogP contribution in [0.4, 0.5) is 5.69 Å². The SMILES string of the molecule is CN1NNN=C1c1cc(OC2COC2)cc([N+](=O)[O-])c1. The number of amidine groups is 1. The number of nitro groups is 1. The summed E-state index contributed by atoms with van der Waals surface area (Å²) in [6.07, 6.45) is -0.0515. The monoisotopic (exact) mass is 279 g/mol. The van der Waals surface area contributed by atoms with Crippen molar-refractivity contribution in [3.63, 3.8) is 0 Å². The number of hydrazine groups is 2. The fourth-order valence-electron chi connectivity index (χ4n) is 1.90. The molecule has 1 fully saturated rings. The average Bonchev–Trinajstić information content (AvgIpc) is 2.80. The van der Waals surface area contributed by atoms with Crippen molar-refractivity contribution in [1.29, 1.82) is 0 Å². The number of non-ortho nitro benzene ring substituents is 1. The lowest BCUT2D eigenvalue weighted by Gasteiger charge is -2.26. The Bertz CT molecular complexity index is 572. The summed E-state index contributed by atoms with van der Waals surface area (Å²) < 4.78 is 10.7. The Morgan fingerprint density at radius 3 is 2.85 bits per heavy atom. The Hall–Kier alpha value is -2.39. The van der Waals surface area contributed by atoms with E-state index in [0.29, 0.717) is 30.4 Å². The van der Waals surface area contributed by atoms with Crippen LogP contribution in [0.25, 0.3) is 0 Å². The number of hydrogen-bond acceptors (Lipinski definition) is 8. The van der Waals surface area contributed by atoms with Crippen molar-refractivity contribution >= 4 is 11.5 Å². The largest absolute Gasteiger partial charge is 0.485 e. The maximum atomic E-state index is 11.0. The van der Waals surface area contributed by atoms with Gasteiger partial charge in [-0.3, -0.25) is 15.1 Å². The van der Waals surface area contributed by atoms with Crippen LogP contribution in [0, 0.1) is 10.1 Å². The van der Waals surface area contributed by atoms with Gasteiger partial charge in [0.05, 0.1) is 24.2 Å². The van der Waals surface area contributed by atoms with Gasteiger partial charge in [0.15, 0.2) is 5.84 Å². The molecule has 1 saturated heterocycles. The minimum absolute atomic E-state index is 0.0410. The van der Waals surface area contributed by atoms with Crippen LogP contribution >= 0.6 is 0 Å². The summed E-state index contributed by atoms with van der Waals surface area (Å²) in [6, 6.07) is 4.57. The molecule has 9 heteroatoms. The third-order valence-electron chi connectivity index (χ3n) is 2.97. The molecular weight excluding hydrogens is 266 g/mol. The summed E-state index contributed by atoms with van der Waals surface area (Å²) in [6.45, 7) is 1.00. The molecule has 2 N–H and O–H groups in total. The zero-order valence-corrected chi connectivity index (χ0v) is 10.7. The first-order chi connectivity index (χ1) is 9.63. The lowest BCUT2D eigenvalue weighted by Crippen LogP contribution is -2.39. The van der Waals surface area contributed by atoms with Crippen molar-refractivity contribution in [2.24, 2.45) is 5.10 Å². The lowest BCUT2D eigenvalue weighted by molar-refractivity contribution is -0.385. The topological polar surface area (TPSA) is 101 Å². The van der Waals surface area contributed by atoms with Crippen LogP contribution in [-0.4, -0.2) is 42.1 Å². The van der Waals surface area contributed by atoms with Gasteiger partial charge in [0.2, 0.25) is 0 Å². The number of hydrazone groups is 1. The van der Waals surface area contributed by atoms with E-state index in [1.165, 1.54) is 12.1 Å². The fourth-order valence-corrected chi connectivity index (χ4v) is 1.90. The number of hydrogen-bond donors (Lipinski definition) is 2. The summed E-state index contributed by atoms with van der Waals surface area (Å²) in [7, 11) is 1.75. The minimum atomic E-state index is -0.454. The predicted molar refractivity (Wildman–Crippen MR) is 68.9 cm³/mol. The van der Waals surface area contributed by atoms with Crippen molar-refractivity contribution in [2.45, 2.75) is 6.10 Å². The van der Waals surface area contributed by atoms with E-state index in [9.17, 15) is 10.1 Å². The molecule has 2 aliphatic rings. The molecular formula is C11H13N5O4. The van der Waals surface area contributed by atoms with Crippen molar-refractivity contribution in [3.05, 3.63) is 33.9 Å². The van der Waals surface area contributed by atoms with E-state index in [1.807, 2.05) is 0 Å².